The Balaban J connectivity index is 1.83. The molecule has 23 heavy (non-hydrogen) atoms. The number of rotatable bonds is 3. The van der Waals surface area contributed by atoms with Crippen LogP contribution in [-0.4, -0.2) is 40.5 Å². The zero-order valence-electron chi connectivity index (χ0n) is 13.2. The highest BCUT2D eigenvalue weighted by molar-refractivity contribution is 7.12. The van der Waals surface area contributed by atoms with Gasteiger partial charge in [-0.1, -0.05) is 0 Å². The number of thiophene rings is 1. The molecular formula is C16H19N3O3S. The highest BCUT2D eigenvalue weighted by atomic mass is 32.1. The standard InChI is InChI=1S/C16H19N3O3S/c1-10-3-4-12(23-10)7-16(21)19-5-6-22-9-14(19)13-8-15(20)18-11(2)17-13/h3-4,8,14H,5-7,9H2,1-2H3,(H,17,18,20)/t14-/m1/s1. The number of nitrogens with one attached hydrogen (secondary N) is 1. The predicted octanol–water partition coefficient (Wildman–Crippen LogP) is 1.59. The molecule has 122 valence electrons. The molecule has 2 aromatic rings. The van der Waals surface area contributed by atoms with E-state index in [0.717, 1.165) is 4.88 Å². The molecule has 1 aliphatic heterocycles. The van der Waals surface area contributed by atoms with Crippen molar-refractivity contribution in [3.8, 4) is 0 Å². The smallest absolute Gasteiger partial charge is 0.251 e. The van der Waals surface area contributed by atoms with E-state index in [1.807, 2.05) is 19.1 Å². The van der Waals surface area contributed by atoms with E-state index in [1.165, 1.54) is 10.9 Å². The lowest BCUT2D eigenvalue weighted by Crippen LogP contribution is -2.44. The molecule has 0 unspecified atom stereocenters. The van der Waals surface area contributed by atoms with Gasteiger partial charge in [-0.2, -0.15) is 0 Å². The first kappa shape index (κ1) is 15.9. The number of hydrogen-bond donors (Lipinski definition) is 1. The summed E-state index contributed by atoms with van der Waals surface area (Å²) in [6.07, 6.45) is 0.372. The summed E-state index contributed by atoms with van der Waals surface area (Å²) in [5, 5.41) is 0. The van der Waals surface area contributed by atoms with Gasteiger partial charge >= 0.3 is 0 Å². The molecule has 0 aliphatic carbocycles. The second-order valence-electron chi connectivity index (χ2n) is 5.62. The summed E-state index contributed by atoms with van der Waals surface area (Å²) >= 11 is 1.63. The lowest BCUT2D eigenvalue weighted by molar-refractivity contribution is -0.139. The van der Waals surface area contributed by atoms with Crippen molar-refractivity contribution in [1.82, 2.24) is 14.9 Å². The molecule has 0 spiro atoms. The van der Waals surface area contributed by atoms with Crippen LogP contribution in [0.5, 0.6) is 0 Å². The zero-order valence-corrected chi connectivity index (χ0v) is 14.0. The van der Waals surface area contributed by atoms with Gasteiger partial charge in [0, 0.05) is 22.4 Å². The Kier molecular flexibility index (Phi) is 4.58. The fraction of sp³-hybridized carbons (Fsp3) is 0.438. The molecular weight excluding hydrogens is 314 g/mol. The SMILES string of the molecule is Cc1nc([C@H]2COCCN2C(=O)Cc2ccc(C)s2)cc(=O)[nH]1. The van der Waals surface area contributed by atoms with Crippen LogP contribution in [0.25, 0.3) is 0 Å². The largest absolute Gasteiger partial charge is 0.377 e. The summed E-state index contributed by atoms with van der Waals surface area (Å²) in [4.78, 5) is 35.4. The third kappa shape index (κ3) is 3.68. The van der Waals surface area contributed by atoms with E-state index in [-0.39, 0.29) is 17.5 Å². The van der Waals surface area contributed by atoms with Gasteiger partial charge in [0.25, 0.3) is 5.56 Å². The average molecular weight is 333 g/mol. The molecule has 1 atom stereocenters. The van der Waals surface area contributed by atoms with E-state index in [1.54, 1.807) is 23.2 Å². The number of H-pyrrole nitrogens is 1. The number of hydrogen-bond acceptors (Lipinski definition) is 5. The molecule has 2 aromatic heterocycles. The number of morpholine rings is 1. The first-order valence-electron chi connectivity index (χ1n) is 7.53. The molecule has 6 nitrogen and oxygen atoms in total. The van der Waals surface area contributed by atoms with Gasteiger partial charge in [-0.05, 0) is 26.0 Å². The van der Waals surface area contributed by atoms with Gasteiger partial charge in [0.2, 0.25) is 5.91 Å². The number of aryl methyl sites for hydroxylation is 2. The summed E-state index contributed by atoms with van der Waals surface area (Å²) in [6, 6.07) is 5.15. The van der Waals surface area contributed by atoms with Crippen LogP contribution in [0, 0.1) is 13.8 Å². The van der Waals surface area contributed by atoms with Gasteiger partial charge < -0.3 is 14.6 Å². The lowest BCUT2D eigenvalue weighted by Gasteiger charge is -2.35. The number of carbonyl (C=O) groups is 1. The van der Waals surface area contributed by atoms with Crippen molar-refractivity contribution < 1.29 is 9.53 Å². The number of ether oxygens (including phenoxy) is 1. The molecule has 7 heteroatoms. The van der Waals surface area contributed by atoms with Crippen molar-refractivity contribution in [3.63, 3.8) is 0 Å². The van der Waals surface area contributed by atoms with E-state index >= 15 is 0 Å². The van der Waals surface area contributed by atoms with Crippen LogP contribution >= 0.6 is 11.3 Å². The highest BCUT2D eigenvalue weighted by Crippen LogP contribution is 2.24. The van der Waals surface area contributed by atoms with E-state index in [2.05, 4.69) is 9.97 Å². The molecule has 1 fully saturated rings. The summed E-state index contributed by atoms with van der Waals surface area (Å²) in [6.45, 7) is 5.15. The second-order valence-corrected chi connectivity index (χ2v) is 7.00. The van der Waals surface area contributed by atoms with E-state index < -0.39 is 0 Å². The molecule has 1 aliphatic rings. The number of aromatic amines is 1. The fourth-order valence-corrected chi connectivity index (χ4v) is 3.63. The molecule has 1 amide bonds. The molecule has 0 aromatic carbocycles. The van der Waals surface area contributed by atoms with Crippen LogP contribution in [0.3, 0.4) is 0 Å². The first-order valence-corrected chi connectivity index (χ1v) is 8.35. The Labute approximate surface area is 138 Å². The molecule has 3 rings (SSSR count). The molecule has 0 saturated carbocycles. The Bertz CT molecular complexity index is 768. The summed E-state index contributed by atoms with van der Waals surface area (Å²) < 4.78 is 5.51. The van der Waals surface area contributed by atoms with Crippen LogP contribution < -0.4 is 5.56 Å². The van der Waals surface area contributed by atoms with Crippen molar-refractivity contribution in [2.75, 3.05) is 19.8 Å². The third-order valence-corrected chi connectivity index (χ3v) is 4.79. The zero-order chi connectivity index (χ0) is 16.4. The Morgan fingerprint density at radius 2 is 2.30 bits per heavy atom. The molecule has 3 heterocycles. The third-order valence-electron chi connectivity index (χ3n) is 3.79. The maximum Gasteiger partial charge on any atom is 0.251 e. The minimum absolute atomic E-state index is 0.0416. The number of aromatic nitrogens is 2. The van der Waals surface area contributed by atoms with Gasteiger partial charge in [0.1, 0.15) is 5.82 Å². The van der Waals surface area contributed by atoms with Gasteiger partial charge in [-0.15, -0.1) is 11.3 Å². The van der Waals surface area contributed by atoms with E-state index in [4.69, 9.17) is 4.74 Å². The van der Waals surface area contributed by atoms with Crippen LogP contribution in [0.1, 0.15) is 27.3 Å². The maximum atomic E-state index is 12.7. The quantitative estimate of drug-likeness (QED) is 0.925. The minimum atomic E-state index is -0.307. The fourth-order valence-electron chi connectivity index (χ4n) is 2.75. The van der Waals surface area contributed by atoms with Crippen molar-refractivity contribution in [1.29, 1.82) is 0 Å². The Hall–Kier alpha value is -1.99. The Morgan fingerprint density at radius 1 is 1.48 bits per heavy atom. The maximum absolute atomic E-state index is 12.7. The lowest BCUT2D eigenvalue weighted by atomic mass is 10.1. The van der Waals surface area contributed by atoms with E-state index in [9.17, 15) is 9.59 Å². The highest BCUT2D eigenvalue weighted by Gasteiger charge is 2.30. The number of amides is 1. The summed E-state index contributed by atoms with van der Waals surface area (Å²) in [5.74, 6) is 0.583. The van der Waals surface area contributed by atoms with Gasteiger partial charge in [0.15, 0.2) is 0 Å². The topological polar surface area (TPSA) is 75.3 Å². The van der Waals surface area contributed by atoms with E-state index in [0.29, 0.717) is 37.7 Å². The van der Waals surface area contributed by atoms with Crippen molar-refractivity contribution in [2.45, 2.75) is 26.3 Å². The average Bonchev–Trinajstić information content (AvgIpc) is 2.91. The van der Waals surface area contributed by atoms with Crippen LogP contribution in [0.4, 0.5) is 0 Å². The molecule has 0 radical (unpaired) electrons. The first-order chi connectivity index (χ1) is 11.0. The van der Waals surface area contributed by atoms with Crippen LogP contribution in [0.15, 0.2) is 23.0 Å². The number of nitrogens with zero attached hydrogens (tertiary/aromatic N) is 2. The molecule has 1 saturated heterocycles. The second kappa shape index (κ2) is 6.64. The monoisotopic (exact) mass is 333 g/mol. The summed E-state index contributed by atoms with van der Waals surface area (Å²) in [7, 11) is 0. The van der Waals surface area contributed by atoms with Crippen LogP contribution in [0.2, 0.25) is 0 Å². The van der Waals surface area contributed by atoms with Crippen LogP contribution in [-0.2, 0) is 16.0 Å². The normalized spacial score (nSPS) is 18.2. The van der Waals surface area contributed by atoms with Gasteiger partial charge in [-0.25, -0.2) is 4.98 Å². The van der Waals surface area contributed by atoms with Crippen molar-refractivity contribution in [3.05, 3.63) is 49.8 Å². The number of carbonyl (C=O) groups excluding carboxylic acids is 1. The minimum Gasteiger partial charge on any atom is -0.377 e. The molecule has 1 N–H and O–H groups in total. The van der Waals surface area contributed by atoms with Crippen molar-refractivity contribution >= 4 is 17.2 Å². The molecule has 0 bridgehead atoms. The van der Waals surface area contributed by atoms with Gasteiger partial charge in [0.05, 0.1) is 31.4 Å². The van der Waals surface area contributed by atoms with Crippen molar-refractivity contribution in [2.24, 2.45) is 0 Å². The Morgan fingerprint density at radius 3 is 3.00 bits per heavy atom. The van der Waals surface area contributed by atoms with Gasteiger partial charge in [-0.3, -0.25) is 9.59 Å². The summed E-state index contributed by atoms with van der Waals surface area (Å²) in [5.41, 5.74) is 0.376. The predicted molar refractivity (Wildman–Crippen MR) is 87.6 cm³/mol.